The van der Waals surface area contributed by atoms with Crippen LogP contribution in [0.4, 0.5) is 20.2 Å². The number of benzene rings is 1. The molecule has 3 aromatic rings. The predicted octanol–water partition coefficient (Wildman–Crippen LogP) is 3.38. The molecule has 0 fully saturated rings. The average Bonchev–Trinajstić information content (AvgIpc) is 3.09. The molecule has 6 N–H and O–H groups in total. The minimum atomic E-state index is -0.856. The second-order valence-electron chi connectivity index (χ2n) is 7.87. The lowest BCUT2D eigenvalue weighted by Crippen LogP contribution is -2.34. The number of hydrazine groups is 1. The number of halogens is 2. The number of hydrogen-bond acceptors (Lipinski definition) is 8. The highest BCUT2D eigenvalue weighted by atomic mass is 32.1. The summed E-state index contributed by atoms with van der Waals surface area (Å²) in [7, 11) is 0. The van der Waals surface area contributed by atoms with Gasteiger partial charge in [-0.3, -0.25) is 10.6 Å². The normalized spacial score (nSPS) is 11.5. The van der Waals surface area contributed by atoms with Gasteiger partial charge in [-0.25, -0.2) is 23.7 Å². The molecule has 1 aromatic carbocycles. The van der Waals surface area contributed by atoms with Crippen molar-refractivity contribution in [2.24, 2.45) is 11.3 Å². The number of carbonyl (C=O) groups excluding carboxylic acids is 1. The van der Waals surface area contributed by atoms with E-state index >= 15 is 0 Å². The van der Waals surface area contributed by atoms with E-state index in [0.717, 1.165) is 10.9 Å². The van der Waals surface area contributed by atoms with E-state index in [1.165, 1.54) is 17.5 Å². The van der Waals surface area contributed by atoms with E-state index < -0.39 is 22.7 Å². The second kappa shape index (κ2) is 8.52. The van der Waals surface area contributed by atoms with Crippen molar-refractivity contribution < 1.29 is 13.6 Å². The fourth-order valence-corrected chi connectivity index (χ4v) is 3.72. The Morgan fingerprint density at radius 3 is 2.61 bits per heavy atom. The van der Waals surface area contributed by atoms with Crippen LogP contribution >= 0.6 is 11.3 Å². The van der Waals surface area contributed by atoms with E-state index in [0.29, 0.717) is 16.4 Å². The van der Waals surface area contributed by atoms with E-state index in [9.17, 15) is 13.6 Å². The van der Waals surface area contributed by atoms with Crippen molar-refractivity contribution in [2.45, 2.75) is 34.2 Å². The Labute approximate surface area is 182 Å². The van der Waals surface area contributed by atoms with Gasteiger partial charge in [0.1, 0.15) is 16.5 Å². The maximum absolute atomic E-state index is 14.8. The molecule has 8 nitrogen and oxygen atoms in total. The number of aromatic nitrogens is 3. The molecule has 0 aliphatic rings. The van der Waals surface area contributed by atoms with E-state index in [1.807, 2.05) is 27.7 Å². The molecule has 0 saturated carbocycles. The zero-order chi connectivity index (χ0) is 22.9. The van der Waals surface area contributed by atoms with Crippen LogP contribution in [-0.2, 0) is 11.3 Å². The monoisotopic (exact) mass is 447 g/mol. The Morgan fingerprint density at radius 2 is 1.97 bits per heavy atom. The Morgan fingerprint density at radius 1 is 1.26 bits per heavy atom. The van der Waals surface area contributed by atoms with Crippen molar-refractivity contribution in [3.05, 3.63) is 40.7 Å². The topological polar surface area (TPSA) is 132 Å². The summed E-state index contributed by atoms with van der Waals surface area (Å²) in [6.07, 6.45) is 1.45. The first kappa shape index (κ1) is 22.5. The van der Waals surface area contributed by atoms with Crippen LogP contribution in [0.2, 0.25) is 0 Å². The first-order chi connectivity index (χ1) is 14.5. The minimum absolute atomic E-state index is 0.0271. The number of thiazole rings is 1. The van der Waals surface area contributed by atoms with E-state index in [1.54, 1.807) is 6.07 Å². The van der Waals surface area contributed by atoms with E-state index in [4.69, 9.17) is 11.6 Å². The van der Waals surface area contributed by atoms with Crippen molar-refractivity contribution in [1.29, 1.82) is 0 Å². The lowest BCUT2D eigenvalue weighted by molar-refractivity contribution is -0.128. The number of anilines is 2. The number of rotatable bonds is 5. The molecule has 11 heteroatoms. The third-order valence-corrected chi connectivity index (χ3v) is 5.63. The number of nitrogen functional groups attached to an aromatic ring is 2. The number of carbonyl (C=O) groups is 1. The molecule has 2 heterocycles. The predicted molar refractivity (Wildman–Crippen MR) is 117 cm³/mol. The van der Waals surface area contributed by atoms with Gasteiger partial charge in [0.25, 0.3) is 0 Å². The highest BCUT2D eigenvalue weighted by Crippen LogP contribution is 2.34. The molecular weight excluding hydrogens is 424 g/mol. The summed E-state index contributed by atoms with van der Waals surface area (Å²) in [5, 5.41) is 3.55. The first-order valence-electron chi connectivity index (χ1n) is 9.35. The van der Waals surface area contributed by atoms with Crippen molar-refractivity contribution in [1.82, 2.24) is 20.3 Å². The number of nitrogens with two attached hydrogens (primary N) is 2. The maximum Gasteiger partial charge on any atom is 0.225 e. The minimum Gasteiger partial charge on any atom is -0.395 e. The Balaban J connectivity index is 1.94. The third kappa shape index (κ3) is 4.62. The number of amides is 1. The molecule has 0 spiro atoms. The number of nitrogens with one attached hydrogen (secondary N) is 2. The molecule has 0 unspecified atom stereocenters. The molecule has 0 aliphatic carbocycles. The van der Waals surface area contributed by atoms with Gasteiger partial charge in [0.2, 0.25) is 5.91 Å². The summed E-state index contributed by atoms with van der Waals surface area (Å²) in [6.45, 7) is 7.57. The molecular formula is C20H23F2N7OS. The van der Waals surface area contributed by atoms with Crippen LogP contribution in [0.3, 0.4) is 0 Å². The van der Waals surface area contributed by atoms with Crippen LogP contribution < -0.4 is 22.3 Å². The SMILES string of the molecule is Cc1nc(CNC(=O)C(C)(C)C)sc1-c1ccnc(-c2cc(F)c(N)c(NN)c2F)n1. The van der Waals surface area contributed by atoms with Crippen LogP contribution in [0.1, 0.15) is 31.5 Å². The van der Waals surface area contributed by atoms with Crippen LogP contribution in [0.15, 0.2) is 18.3 Å². The number of nitrogens with zero attached hydrogens (tertiary/aromatic N) is 3. The van der Waals surface area contributed by atoms with Gasteiger partial charge in [-0.05, 0) is 19.1 Å². The fraction of sp³-hybridized carbons (Fsp3) is 0.300. The van der Waals surface area contributed by atoms with Crippen molar-refractivity contribution >= 4 is 28.6 Å². The van der Waals surface area contributed by atoms with Gasteiger partial charge in [0, 0.05) is 11.6 Å². The summed E-state index contributed by atoms with van der Waals surface area (Å²) in [4.78, 5) is 25.8. The molecule has 2 aromatic heterocycles. The third-order valence-electron chi connectivity index (χ3n) is 4.45. The van der Waals surface area contributed by atoms with Gasteiger partial charge in [0.15, 0.2) is 11.6 Å². The molecule has 3 rings (SSSR count). The van der Waals surface area contributed by atoms with E-state index in [2.05, 4.69) is 25.7 Å². The Bertz CT molecular complexity index is 1140. The smallest absolute Gasteiger partial charge is 0.225 e. The summed E-state index contributed by atoms with van der Waals surface area (Å²) in [5.41, 5.74) is 7.30. The zero-order valence-corrected chi connectivity index (χ0v) is 18.3. The van der Waals surface area contributed by atoms with Crippen molar-refractivity contribution in [3.8, 4) is 22.0 Å². The summed E-state index contributed by atoms with van der Waals surface area (Å²) in [6, 6.07) is 2.58. The lowest BCUT2D eigenvalue weighted by Gasteiger charge is -2.16. The molecule has 164 valence electrons. The first-order valence-corrected chi connectivity index (χ1v) is 10.2. The van der Waals surface area contributed by atoms with Gasteiger partial charge in [-0.15, -0.1) is 11.3 Å². The molecule has 0 radical (unpaired) electrons. The molecule has 31 heavy (non-hydrogen) atoms. The Hall–Kier alpha value is -3.18. The van der Waals surface area contributed by atoms with Gasteiger partial charge in [0.05, 0.1) is 34.1 Å². The Kier molecular flexibility index (Phi) is 6.18. The average molecular weight is 448 g/mol. The molecule has 0 bridgehead atoms. The number of hydrogen-bond donors (Lipinski definition) is 4. The van der Waals surface area contributed by atoms with Crippen molar-refractivity contribution in [2.75, 3.05) is 11.2 Å². The molecule has 0 aliphatic heterocycles. The fourth-order valence-electron chi connectivity index (χ4n) is 2.75. The van der Waals surface area contributed by atoms with Gasteiger partial charge in [-0.2, -0.15) is 0 Å². The zero-order valence-electron chi connectivity index (χ0n) is 17.5. The van der Waals surface area contributed by atoms with Gasteiger partial charge < -0.3 is 16.5 Å². The standard InChI is InChI=1S/C20H23F2N7OS/c1-9-17(31-13(27-9)8-26-19(30)20(2,3)4)12-5-6-25-18(28-12)10-7-11(21)15(23)16(29-24)14(10)22/h5-7,29H,8,23-24H2,1-4H3,(H,26,30). The van der Waals surface area contributed by atoms with E-state index in [-0.39, 0.29) is 29.5 Å². The second-order valence-corrected chi connectivity index (χ2v) is 8.96. The highest BCUT2D eigenvalue weighted by Gasteiger charge is 2.22. The summed E-state index contributed by atoms with van der Waals surface area (Å²) < 4.78 is 28.9. The summed E-state index contributed by atoms with van der Waals surface area (Å²) in [5.74, 6) is 3.46. The van der Waals surface area contributed by atoms with Crippen LogP contribution in [0, 0.1) is 24.0 Å². The summed E-state index contributed by atoms with van der Waals surface area (Å²) >= 11 is 1.35. The van der Waals surface area contributed by atoms with Crippen LogP contribution in [-0.4, -0.2) is 20.9 Å². The molecule has 0 atom stereocenters. The number of aryl methyl sites for hydroxylation is 1. The molecule has 1 amide bonds. The highest BCUT2D eigenvalue weighted by molar-refractivity contribution is 7.15. The van der Waals surface area contributed by atoms with Gasteiger partial charge in [-0.1, -0.05) is 20.8 Å². The van der Waals surface area contributed by atoms with Crippen LogP contribution in [0.5, 0.6) is 0 Å². The van der Waals surface area contributed by atoms with Crippen LogP contribution in [0.25, 0.3) is 22.0 Å². The maximum atomic E-state index is 14.8. The van der Waals surface area contributed by atoms with Crippen molar-refractivity contribution in [3.63, 3.8) is 0 Å². The quantitative estimate of drug-likeness (QED) is 0.268. The lowest BCUT2D eigenvalue weighted by atomic mass is 9.96. The largest absolute Gasteiger partial charge is 0.395 e. The molecule has 0 saturated heterocycles. The van der Waals surface area contributed by atoms with Gasteiger partial charge >= 0.3 is 0 Å².